The molecule has 5 heteroatoms. The van der Waals surface area contributed by atoms with E-state index in [1.54, 1.807) is 11.8 Å². The lowest BCUT2D eigenvalue weighted by Crippen LogP contribution is -2.37. The van der Waals surface area contributed by atoms with Crippen molar-refractivity contribution in [3.05, 3.63) is 35.9 Å². The molecule has 0 bridgehead atoms. The number of unbranched alkanes of at least 4 members (excludes halogenated alkanes) is 1. The molecule has 2 aliphatic heterocycles. The fraction of sp³-hybridized carbons (Fsp3) is 0.579. The van der Waals surface area contributed by atoms with Crippen LogP contribution in [0.4, 0.5) is 0 Å². The van der Waals surface area contributed by atoms with Crippen LogP contribution in [0.5, 0.6) is 0 Å². The van der Waals surface area contributed by atoms with E-state index in [1.807, 2.05) is 35.2 Å². The van der Waals surface area contributed by atoms with Crippen molar-refractivity contribution in [3.63, 3.8) is 0 Å². The smallest absolute Gasteiger partial charge is 0.233 e. The van der Waals surface area contributed by atoms with Gasteiger partial charge in [0.05, 0.1) is 17.2 Å². The van der Waals surface area contributed by atoms with E-state index < -0.39 is 0 Å². The lowest BCUT2D eigenvalue weighted by Gasteiger charge is -2.27. The van der Waals surface area contributed by atoms with Crippen LogP contribution in [0.15, 0.2) is 30.3 Å². The maximum atomic E-state index is 12.3. The van der Waals surface area contributed by atoms with Crippen molar-refractivity contribution in [2.45, 2.75) is 37.0 Å². The summed E-state index contributed by atoms with van der Waals surface area (Å²) < 4.78 is 0. The SMILES string of the molecule is N#CC(c1ccccc1)C1SCC(=O)N1CCCCN1CCCC1. The minimum atomic E-state index is -0.249. The molecular formula is C19H25N3OS. The number of hydrogen-bond donors (Lipinski definition) is 0. The number of carbonyl (C=O) groups is 1. The van der Waals surface area contributed by atoms with Gasteiger partial charge in [-0.15, -0.1) is 11.8 Å². The molecule has 2 saturated heterocycles. The molecule has 0 saturated carbocycles. The first-order chi connectivity index (χ1) is 11.8. The summed E-state index contributed by atoms with van der Waals surface area (Å²) in [7, 11) is 0. The van der Waals surface area contributed by atoms with Gasteiger partial charge in [-0.25, -0.2) is 0 Å². The Morgan fingerprint density at radius 2 is 1.88 bits per heavy atom. The lowest BCUT2D eigenvalue weighted by atomic mass is 9.99. The first kappa shape index (κ1) is 17.3. The summed E-state index contributed by atoms with van der Waals surface area (Å²) in [6, 6.07) is 12.3. The second-order valence-electron chi connectivity index (χ2n) is 6.56. The third kappa shape index (κ3) is 4.12. The van der Waals surface area contributed by atoms with Gasteiger partial charge in [0, 0.05) is 6.54 Å². The number of rotatable bonds is 7. The molecule has 2 heterocycles. The normalized spacial score (nSPS) is 22.7. The van der Waals surface area contributed by atoms with Gasteiger partial charge in [0.2, 0.25) is 5.91 Å². The summed E-state index contributed by atoms with van der Waals surface area (Å²) in [4.78, 5) is 16.7. The minimum absolute atomic E-state index is 0.0447. The number of likely N-dealkylation sites (tertiary alicyclic amines) is 1. The molecule has 4 nitrogen and oxygen atoms in total. The summed E-state index contributed by atoms with van der Waals surface area (Å²) in [5.74, 6) is 0.436. The summed E-state index contributed by atoms with van der Waals surface area (Å²) in [5, 5.41) is 9.61. The Morgan fingerprint density at radius 3 is 2.58 bits per heavy atom. The first-order valence-corrected chi connectivity index (χ1v) is 9.92. The van der Waals surface area contributed by atoms with E-state index in [-0.39, 0.29) is 17.2 Å². The topological polar surface area (TPSA) is 47.3 Å². The number of benzene rings is 1. The van der Waals surface area contributed by atoms with Crippen molar-refractivity contribution < 1.29 is 4.79 Å². The van der Waals surface area contributed by atoms with Crippen molar-refractivity contribution >= 4 is 17.7 Å². The lowest BCUT2D eigenvalue weighted by molar-refractivity contribution is -0.128. The molecule has 3 rings (SSSR count). The van der Waals surface area contributed by atoms with Gasteiger partial charge in [-0.1, -0.05) is 30.3 Å². The molecule has 0 radical (unpaired) electrons. The Labute approximate surface area is 148 Å². The minimum Gasteiger partial charge on any atom is -0.328 e. The van der Waals surface area contributed by atoms with Crippen LogP contribution < -0.4 is 0 Å². The van der Waals surface area contributed by atoms with E-state index >= 15 is 0 Å². The van der Waals surface area contributed by atoms with E-state index in [9.17, 15) is 10.1 Å². The zero-order valence-corrected chi connectivity index (χ0v) is 14.9. The number of nitriles is 1. The van der Waals surface area contributed by atoms with Gasteiger partial charge in [-0.2, -0.15) is 5.26 Å². The van der Waals surface area contributed by atoms with Gasteiger partial charge >= 0.3 is 0 Å². The average molecular weight is 343 g/mol. The summed E-state index contributed by atoms with van der Waals surface area (Å²) >= 11 is 1.61. The predicted molar refractivity (Wildman–Crippen MR) is 97.7 cm³/mol. The molecule has 0 N–H and O–H groups in total. The number of hydrogen-bond acceptors (Lipinski definition) is 4. The Morgan fingerprint density at radius 1 is 1.17 bits per heavy atom. The van der Waals surface area contributed by atoms with Crippen LogP contribution in [0.3, 0.4) is 0 Å². The highest BCUT2D eigenvalue weighted by atomic mass is 32.2. The average Bonchev–Trinajstić information content (AvgIpc) is 3.25. The highest BCUT2D eigenvalue weighted by Gasteiger charge is 2.37. The van der Waals surface area contributed by atoms with Crippen molar-refractivity contribution in [1.29, 1.82) is 5.26 Å². The predicted octanol–water partition coefficient (Wildman–Crippen LogP) is 3.07. The van der Waals surface area contributed by atoms with Crippen LogP contribution in [-0.4, -0.2) is 53.0 Å². The largest absolute Gasteiger partial charge is 0.328 e. The fourth-order valence-corrected chi connectivity index (χ4v) is 4.88. The quantitative estimate of drug-likeness (QED) is 0.714. The molecule has 0 aromatic heterocycles. The van der Waals surface area contributed by atoms with Crippen LogP contribution >= 0.6 is 11.8 Å². The molecule has 1 amide bonds. The van der Waals surface area contributed by atoms with Gasteiger partial charge in [0.25, 0.3) is 0 Å². The molecule has 2 fully saturated rings. The molecule has 1 aromatic carbocycles. The van der Waals surface area contributed by atoms with Crippen molar-refractivity contribution in [3.8, 4) is 6.07 Å². The van der Waals surface area contributed by atoms with Crippen LogP contribution in [-0.2, 0) is 4.79 Å². The summed E-state index contributed by atoms with van der Waals surface area (Å²) in [6.07, 6.45) is 4.80. The second kappa shape index (κ2) is 8.55. The molecular weight excluding hydrogens is 318 g/mol. The molecule has 24 heavy (non-hydrogen) atoms. The Balaban J connectivity index is 1.56. The maximum Gasteiger partial charge on any atom is 0.233 e. The molecule has 128 valence electrons. The molecule has 2 unspecified atom stereocenters. The van der Waals surface area contributed by atoms with Gasteiger partial charge in [-0.3, -0.25) is 4.79 Å². The van der Waals surface area contributed by atoms with Crippen molar-refractivity contribution in [2.75, 3.05) is 31.9 Å². The van der Waals surface area contributed by atoms with E-state index in [0.29, 0.717) is 5.75 Å². The van der Waals surface area contributed by atoms with Crippen molar-refractivity contribution in [1.82, 2.24) is 9.80 Å². The van der Waals surface area contributed by atoms with Crippen LogP contribution in [0.1, 0.15) is 37.2 Å². The zero-order valence-electron chi connectivity index (χ0n) is 14.1. The van der Waals surface area contributed by atoms with E-state index in [0.717, 1.165) is 31.5 Å². The van der Waals surface area contributed by atoms with E-state index in [1.165, 1.54) is 25.9 Å². The van der Waals surface area contributed by atoms with E-state index in [4.69, 9.17) is 0 Å². The molecule has 2 atom stereocenters. The summed E-state index contributed by atoms with van der Waals surface area (Å²) in [5.41, 5.74) is 1.01. The second-order valence-corrected chi connectivity index (χ2v) is 7.67. The first-order valence-electron chi connectivity index (χ1n) is 8.87. The number of thioether (sulfide) groups is 1. The monoisotopic (exact) mass is 343 g/mol. The number of carbonyl (C=O) groups excluding carboxylic acids is 1. The highest BCUT2D eigenvalue weighted by molar-refractivity contribution is 8.01. The van der Waals surface area contributed by atoms with Crippen molar-refractivity contribution in [2.24, 2.45) is 0 Å². The highest BCUT2D eigenvalue weighted by Crippen LogP contribution is 2.36. The fourth-order valence-electron chi connectivity index (χ4n) is 3.59. The third-order valence-electron chi connectivity index (χ3n) is 4.91. The molecule has 0 spiro atoms. The number of amides is 1. The van der Waals surface area contributed by atoms with Gasteiger partial charge in [0.15, 0.2) is 0 Å². The van der Waals surface area contributed by atoms with Gasteiger partial charge in [-0.05, 0) is 50.9 Å². The maximum absolute atomic E-state index is 12.3. The number of nitrogens with zero attached hydrogens (tertiary/aromatic N) is 3. The van der Waals surface area contributed by atoms with Gasteiger partial charge in [0.1, 0.15) is 5.92 Å². The molecule has 1 aromatic rings. The Hall–Kier alpha value is -1.51. The van der Waals surface area contributed by atoms with Gasteiger partial charge < -0.3 is 9.80 Å². The van der Waals surface area contributed by atoms with Crippen LogP contribution in [0.25, 0.3) is 0 Å². The Kier molecular flexibility index (Phi) is 6.17. The van der Waals surface area contributed by atoms with Crippen LogP contribution in [0, 0.1) is 11.3 Å². The Bertz CT molecular complexity index is 580. The third-order valence-corrected chi connectivity index (χ3v) is 6.19. The zero-order chi connectivity index (χ0) is 16.8. The summed E-state index contributed by atoms with van der Waals surface area (Å²) in [6.45, 7) is 4.37. The van der Waals surface area contributed by atoms with E-state index in [2.05, 4.69) is 11.0 Å². The standard InChI is InChI=1S/C19H25N3OS/c20-14-17(16-8-2-1-3-9-16)19-22(18(23)15-24-19)13-7-6-12-21-10-4-5-11-21/h1-3,8-9,17,19H,4-7,10-13,15H2. The van der Waals surface area contributed by atoms with Crippen LogP contribution in [0.2, 0.25) is 0 Å². The molecule has 2 aliphatic rings. The molecule has 0 aliphatic carbocycles.